The van der Waals surface area contributed by atoms with Gasteiger partial charge in [-0.05, 0) is 43.2 Å². The zero-order valence-electron chi connectivity index (χ0n) is 16.8. The standard InChI is InChI=1S/C21H23F3N4O2/c1-13-11-27(8-9-30-13)20-7-6-19-25-17(12-29)18(28(19)26-20)10-15-4-3-5-16(14(15)2)21(22,23)24/h3-7,13,29H,8-12H2,1-2H3. The van der Waals surface area contributed by atoms with E-state index in [9.17, 15) is 18.3 Å². The van der Waals surface area contributed by atoms with Crippen LogP contribution in [0.1, 0.15) is 35.0 Å². The minimum absolute atomic E-state index is 0.0827. The molecule has 0 amide bonds. The summed E-state index contributed by atoms with van der Waals surface area (Å²) in [6, 6.07) is 7.82. The molecular formula is C21H23F3N4O2. The number of hydrogen-bond donors (Lipinski definition) is 1. The topological polar surface area (TPSA) is 62.9 Å². The smallest absolute Gasteiger partial charge is 0.390 e. The van der Waals surface area contributed by atoms with Crippen LogP contribution < -0.4 is 4.90 Å². The van der Waals surface area contributed by atoms with Crippen molar-refractivity contribution in [3.63, 3.8) is 0 Å². The lowest BCUT2D eigenvalue weighted by atomic mass is 9.98. The van der Waals surface area contributed by atoms with Crippen LogP contribution in [0.3, 0.4) is 0 Å². The summed E-state index contributed by atoms with van der Waals surface area (Å²) in [5, 5.41) is 14.5. The van der Waals surface area contributed by atoms with Crippen LogP contribution in [-0.2, 0) is 23.9 Å². The fraction of sp³-hybridized carbons (Fsp3) is 0.429. The Bertz CT molecular complexity index is 1060. The number of imidazole rings is 1. The Morgan fingerprint density at radius 2 is 2.03 bits per heavy atom. The maximum atomic E-state index is 13.3. The molecule has 1 aliphatic rings. The summed E-state index contributed by atoms with van der Waals surface area (Å²) >= 11 is 0. The first kappa shape index (κ1) is 20.6. The summed E-state index contributed by atoms with van der Waals surface area (Å²) in [6.07, 6.45) is -4.15. The largest absolute Gasteiger partial charge is 0.416 e. The van der Waals surface area contributed by atoms with E-state index >= 15 is 0 Å². The van der Waals surface area contributed by atoms with E-state index in [4.69, 9.17) is 9.84 Å². The number of anilines is 1. The molecule has 2 aromatic heterocycles. The van der Waals surface area contributed by atoms with Gasteiger partial charge in [-0.3, -0.25) is 0 Å². The fourth-order valence-corrected chi connectivity index (χ4v) is 3.88. The van der Waals surface area contributed by atoms with Crippen LogP contribution >= 0.6 is 0 Å². The van der Waals surface area contributed by atoms with Crippen molar-refractivity contribution in [3.05, 3.63) is 58.4 Å². The van der Waals surface area contributed by atoms with Crippen LogP contribution in [0, 0.1) is 6.92 Å². The van der Waals surface area contributed by atoms with E-state index in [-0.39, 0.29) is 24.7 Å². The van der Waals surface area contributed by atoms with Gasteiger partial charge in [0.15, 0.2) is 5.65 Å². The molecule has 6 nitrogen and oxygen atoms in total. The van der Waals surface area contributed by atoms with Gasteiger partial charge >= 0.3 is 6.18 Å². The second-order valence-corrected chi connectivity index (χ2v) is 7.52. The highest BCUT2D eigenvalue weighted by atomic mass is 19.4. The van der Waals surface area contributed by atoms with Crippen molar-refractivity contribution in [1.82, 2.24) is 14.6 Å². The number of halogens is 3. The molecule has 1 aromatic carbocycles. The molecular weight excluding hydrogens is 397 g/mol. The van der Waals surface area contributed by atoms with Crippen molar-refractivity contribution in [2.24, 2.45) is 0 Å². The number of hydrogen-bond acceptors (Lipinski definition) is 5. The minimum atomic E-state index is -4.42. The molecule has 9 heteroatoms. The van der Waals surface area contributed by atoms with Crippen LogP contribution in [-0.4, -0.2) is 45.5 Å². The van der Waals surface area contributed by atoms with Crippen LogP contribution in [0.5, 0.6) is 0 Å². The zero-order valence-corrected chi connectivity index (χ0v) is 16.8. The number of alkyl halides is 3. The lowest BCUT2D eigenvalue weighted by Gasteiger charge is -2.31. The highest BCUT2D eigenvalue weighted by Gasteiger charge is 2.33. The number of morpholine rings is 1. The predicted octanol–water partition coefficient (Wildman–Crippen LogP) is 3.36. The van der Waals surface area contributed by atoms with Gasteiger partial charge in [-0.15, -0.1) is 5.10 Å². The van der Waals surface area contributed by atoms with E-state index < -0.39 is 11.7 Å². The van der Waals surface area contributed by atoms with Crippen LogP contribution in [0.15, 0.2) is 30.3 Å². The van der Waals surface area contributed by atoms with Crippen LogP contribution in [0.2, 0.25) is 0 Å². The number of aromatic nitrogens is 3. The van der Waals surface area contributed by atoms with E-state index in [0.29, 0.717) is 42.3 Å². The first-order valence-electron chi connectivity index (χ1n) is 9.78. The molecule has 1 N–H and O–H groups in total. The number of ether oxygens (including phenoxy) is 1. The highest BCUT2D eigenvalue weighted by Crippen LogP contribution is 2.33. The van der Waals surface area contributed by atoms with Crippen molar-refractivity contribution in [2.75, 3.05) is 24.6 Å². The third kappa shape index (κ3) is 3.87. The molecule has 3 heterocycles. The molecule has 1 aliphatic heterocycles. The molecule has 0 bridgehead atoms. The molecule has 1 fully saturated rings. The fourth-order valence-electron chi connectivity index (χ4n) is 3.88. The highest BCUT2D eigenvalue weighted by molar-refractivity contribution is 5.50. The number of rotatable bonds is 4. The molecule has 0 spiro atoms. The zero-order chi connectivity index (χ0) is 21.5. The normalized spacial score (nSPS) is 17.7. The molecule has 30 heavy (non-hydrogen) atoms. The van der Waals surface area contributed by atoms with Gasteiger partial charge in [0.1, 0.15) is 5.82 Å². The molecule has 160 valence electrons. The van der Waals surface area contributed by atoms with Gasteiger partial charge in [-0.2, -0.15) is 13.2 Å². The average molecular weight is 420 g/mol. The third-order valence-corrected chi connectivity index (χ3v) is 5.46. The molecule has 0 aliphatic carbocycles. The Labute approximate surface area is 171 Å². The van der Waals surface area contributed by atoms with E-state index in [1.165, 1.54) is 13.0 Å². The summed E-state index contributed by atoms with van der Waals surface area (Å²) in [5.41, 5.74) is 1.57. The van der Waals surface area contributed by atoms with Crippen molar-refractivity contribution in [2.45, 2.75) is 39.2 Å². The van der Waals surface area contributed by atoms with Gasteiger partial charge in [0, 0.05) is 19.5 Å². The van der Waals surface area contributed by atoms with Crippen LogP contribution in [0.25, 0.3) is 5.65 Å². The minimum Gasteiger partial charge on any atom is -0.390 e. The first-order valence-corrected chi connectivity index (χ1v) is 9.78. The maximum Gasteiger partial charge on any atom is 0.416 e. The quantitative estimate of drug-likeness (QED) is 0.701. The van der Waals surface area contributed by atoms with Gasteiger partial charge in [-0.1, -0.05) is 12.1 Å². The molecule has 0 saturated carbocycles. The van der Waals surface area contributed by atoms with Crippen molar-refractivity contribution in [3.8, 4) is 0 Å². The molecule has 3 aromatic rings. The van der Waals surface area contributed by atoms with Gasteiger partial charge in [0.05, 0.1) is 36.3 Å². The monoisotopic (exact) mass is 420 g/mol. The third-order valence-electron chi connectivity index (χ3n) is 5.46. The SMILES string of the molecule is Cc1c(Cc2c(CO)nc3ccc(N4CCOC(C)C4)nn23)cccc1C(F)(F)F. The molecule has 1 saturated heterocycles. The van der Waals surface area contributed by atoms with E-state index in [1.54, 1.807) is 10.6 Å². The maximum absolute atomic E-state index is 13.3. The summed E-state index contributed by atoms with van der Waals surface area (Å²) in [5.74, 6) is 0.738. The Balaban J connectivity index is 1.76. The molecule has 1 atom stereocenters. The summed E-state index contributed by atoms with van der Waals surface area (Å²) in [6.45, 7) is 5.14. The van der Waals surface area contributed by atoms with E-state index in [2.05, 4.69) is 9.88 Å². The number of benzene rings is 1. The number of nitrogens with zero attached hydrogens (tertiary/aromatic N) is 4. The molecule has 1 unspecified atom stereocenters. The van der Waals surface area contributed by atoms with Crippen molar-refractivity contribution in [1.29, 1.82) is 0 Å². The lowest BCUT2D eigenvalue weighted by Crippen LogP contribution is -2.41. The van der Waals surface area contributed by atoms with Crippen LogP contribution in [0.4, 0.5) is 19.0 Å². The summed E-state index contributed by atoms with van der Waals surface area (Å²) in [7, 11) is 0. The number of aliphatic hydroxyl groups excluding tert-OH is 1. The summed E-state index contributed by atoms with van der Waals surface area (Å²) in [4.78, 5) is 6.52. The lowest BCUT2D eigenvalue weighted by molar-refractivity contribution is -0.138. The van der Waals surface area contributed by atoms with E-state index in [1.807, 2.05) is 19.1 Å². The van der Waals surface area contributed by atoms with Crippen molar-refractivity contribution >= 4 is 11.5 Å². The summed E-state index contributed by atoms with van der Waals surface area (Å²) < 4.78 is 47.1. The number of aliphatic hydroxyl groups is 1. The average Bonchev–Trinajstić information content (AvgIpc) is 3.05. The Hall–Kier alpha value is -2.65. The van der Waals surface area contributed by atoms with E-state index in [0.717, 1.165) is 11.9 Å². The second kappa shape index (κ2) is 7.88. The molecule has 4 rings (SSSR count). The number of fused-ring (bicyclic) bond motifs is 1. The van der Waals surface area contributed by atoms with Gasteiger partial charge in [-0.25, -0.2) is 9.50 Å². The Kier molecular flexibility index (Phi) is 5.42. The molecule has 0 radical (unpaired) electrons. The van der Waals surface area contributed by atoms with Crippen molar-refractivity contribution < 1.29 is 23.0 Å². The predicted molar refractivity (Wildman–Crippen MR) is 106 cm³/mol. The van der Waals surface area contributed by atoms with Gasteiger partial charge < -0.3 is 14.7 Å². The first-order chi connectivity index (χ1) is 14.3. The van der Waals surface area contributed by atoms with Gasteiger partial charge in [0.25, 0.3) is 0 Å². The second-order valence-electron chi connectivity index (χ2n) is 7.52. The Morgan fingerprint density at radius 3 is 2.73 bits per heavy atom. The Morgan fingerprint density at radius 1 is 1.23 bits per heavy atom. The van der Waals surface area contributed by atoms with Gasteiger partial charge in [0.2, 0.25) is 0 Å².